The molecule has 0 aliphatic carbocycles. The van der Waals surface area contributed by atoms with Crippen molar-refractivity contribution in [1.82, 2.24) is 9.80 Å². The monoisotopic (exact) mass is 425 g/mol. The van der Waals surface area contributed by atoms with E-state index in [-0.39, 0.29) is 36.4 Å². The van der Waals surface area contributed by atoms with Crippen LogP contribution >= 0.6 is 23.5 Å². The maximum Gasteiger partial charge on any atom is 0.302 e. The third-order valence-electron chi connectivity index (χ3n) is 5.84. The summed E-state index contributed by atoms with van der Waals surface area (Å²) in [5.41, 5.74) is 0.983. The number of hydrogen-bond donors (Lipinski definition) is 1. The molecular weight excluding hydrogens is 398 g/mol. The van der Waals surface area contributed by atoms with E-state index in [9.17, 15) is 14.7 Å². The topological polar surface area (TPSA) is 82.4 Å². The SMILES string of the molecule is CC(=O)OCCC1=C(SC2CN(C3=NCCS3)C2)[C@H](C)[C@@H]2[C@@H]([C@@H](C)O)C(=O)N12. The van der Waals surface area contributed by atoms with Gasteiger partial charge >= 0.3 is 5.97 Å². The third kappa shape index (κ3) is 3.45. The molecule has 28 heavy (non-hydrogen) atoms. The molecule has 9 heteroatoms. The molecule has 154 valence electrons. The number of β-lactam (4-membered cyclic amide) rings is 1. The van der Waals surface area contributed by atoms with E-state index in [2.05, 4.69) is 16.8 Å². The first-order chi connectivity index (χ1) is 13.4. The zero-order valence-corrected chi connectivity index (χ0v) is 18.1. The van der Waals surface area contributed by atoms with Crippen LogP contribution in [0.5, 0.6) is 0 Å². The van der Waals surface area contributed by atoms with Crippen molar-refractivity contribution in [2.45, 2.75) is 44.6 Å². The molecule has 1 amide bonds. The number of amides is 1. The Hall–Kier alpha value is -1.19. The first kappa shape index (κ1) is 20.1. The number of nitrogens with zero attached hydrogens (tertiary/aromatic N) is 3. The van der Waals surface area contributed by atoms with Gasteiger partial charge < -0.3 is 19.6 Å². The third-order valence-corrected chi connectivity index (χ3v) is 8.36. The quantitative estimate of drug-likeness (QED) is 0.510. The van der Waals surface area contributed by atoms with Crippen molar-refractivity contribution < 1.29 is 19.4 Å². The molecule has 0 spiro atoms. The standard InChI is InChI=1S/C19H27N3O4S2/c1-10-16-15(11(2)23)18(25)22(16)14(4-6-26-12(3)24)17(10)28-13-8-21(9-13)19-20-5-7-27-19/h10-11,13,15-16,23H,4-9H2,1-3H3/t10-,11-,15-,16-/m1/s1. The average molecular weight is 426 g/mol. The second-order valence-corrected chi connectivity index (χ2v) is 10.2. The number of hydrogen-bond acceptors (Lipinski definition) is 8. The van der Waals surface area contributed by atoms with Crippen LogP contribution in [0.2, 0.25) is 0 Å². The van der Waals surface area contributed by atoms with Crippen LogP contribution < -0.4 is 0 Å². The van der Waals surface area contributed by atoms with Crippen LogP contribution in [0.1, 0.15) is 27.2 Å². The predicted octanol–water partition coefficient (Wildman–Crippen LogP) is 1.53. The molecule has 4 rings (SSSR count). The number of rotatable bonds is 6. The van der Waals surface area contributed by atoms with Gasteiger partial charge in [0.15, 0.2) is 5.17 Å². The van der Waals surface area contributed by atoms with Gasteiger partial charge in [0.05, 0.1) is 31.2 Å². The molecule has 0 aromatic rings. The molecule has 0 aromatic heterocycles. The zero-order chi connectivity index (χ0) is 20.0. The molecule has 1 N–H and O–H groups in total. The Balaban J connectivity index is 1.46. The van der Waals surface area contributed by atoms with E-state index >= 15 is 0 Å². The van der Waals surface area contributed by atoms with Crippen LogP contribution in [-0.4, -0.2) is 81.3 Å². The lowest BCUT2D eigenvalue weighted by molar-refractivity contribution is -0.160. The van der Waals surface area contributed by atoms with Crippen molar-refractivity contribution in [2.75, 3.05) is 32.0 Å². The van der Waals surface area contributed by atoms with E-state index in [0.29, 0.717) is 11.7 Å². The molecule has 4 aliphatic heterocycles. The number of likely N-dealkylation sites (tertiary alicyclic amines) is 1. The van der Waals surface area contributed by atoms with Crippen LogP contribution in [0.25, 0.3) is 0 Å². The molecule has 4 aliphatic rings. The Bertz CT molecular complexity index is 733. The maximum absolute atomic E-state index is 12.7. The summed E-state index contributed by atoms with van der Waals surface area (Å²) < 4.78 is 5.14. The van der Waals surface area contributed by atoms with Crippen LogP contribution in [0.15, 0.2) is 15.6 Å². The van der Waals surface area contributed by atoms with E-state index in [4.69, 9.17) is 4.74 Å². The number of ether oxygens (including phenoxy) is 1. The summed E-state index contributed by atoms with van der Waals surface area (Å²) in [6, 6.07) is 0.0215. The summed E-state index contributed by atoms with van der Waals surface area (Å²) in [5, 5.41) is 11.7. The molecule has 0 aromatic carbocycles. The molecule has 7 nitrogen and oxygen atoms in total. The van der Waals surface area contributed by atoms with Gasteiger partial charge in [0.2, 0.25) is 5.91 Å². The van der Waals surface area contributed by atoms with Crippen LogP contribution in [0, 0.1) is 11.8 Å². The largest absolute Gasteiger partial charge is 0.465 e. The Morgan fingerprint density at radius 1 is 1.46 bits per heavy atom. The van der Waals surface area contributed by atoms with Gasteiger partial charge in [-0.3, -0.25) is 14.6 Å². The smallest absolute Gasteiger partial charge is 0.302 e. The van der Waals surface area contributed by atoms with Crippen molar-refractivity contribution >= 4 is 40.6 Å². The molecule has 2 fully saturated rings. The minimum atomic E-state index is -0.646. The van der Waals surface area contributed by atoms with Gasteiger partial charge in [-0.05, 0) is 6.92 Å². The molecule has 0 radical (unpaired) electrons. The lowest BCUT2D eigenvalue weighted by atomic mass is 9.79. The first-order valence-corrected chi connectivity index (χ1v) is 11.7. The molecule has 4 atom stereocenters. The highest BCUT2D eigenvalue weighted by Crippen LogP contribution is 2.52. The number of aliphatic imine (C=N–C) groups is 1. The lowest BCUT2D eigenvalue weighted by Gasteiger charge is -2.47. The van der Waals surface area contributed by atoms with Gasteiger partial charge in [-0.1, -0.05) is 18.7 Å². The molecule has 0 saturated carbocycles. The molecule has 4 heterocycles. The van der Waals surface area contributed by atoms with E-state index in [0.717, 1.165) is 36.3 Å². The second-order valence-electron chi connectivity index (χ2n) is 7.81. The average Bonchev–Trinajstić information content (AvgIpc) is 3.17. The number of amidine groups is 1. The van der Waals surface area contributed by atoms with Gasteiger partial charge in [0.1, 0.15) is 0 Å². The van der Waals surface area contributed by atoms with E-state index < -0.39 is 6.10 Å². The highest BCUT2D eigenvalue weighted by Gasteiger charge is 2.58. The van der Waals surface area contributed by atoms with Crippen LogP contribution in [0.3, 0.4) is 0 Å². The van der Waals surface area contributed by atoms with Crippen molar-refractivity contribution in [3.05, 3.63) is 10.6 Å². The summed E-state index contributed by atoms with van der Waals surface area (Å²) >= 11 is 3.68. The fourth-order valence-corrected chi connectivity index (χ4v) is 6.92. The second kappa shape index (κ2) is 7.91. The van der Waals surface area contributed by atoms with Crippen molar-refractivity contribution in [2.24, 2.45) is 16.8 Å². The minimum Gasteiger partial charge on any atom is -0.465 e. The van der Waals surface area contributed by atoms with Gasteiger partial charge in [0, 0.05) is 54.0 Å². The predicted molar refractivity (Wildman–Crippen MR) is 111 cm³/mol. The number of carbonyl (C=O) groups excluding carboxylic acids is 2. The molecule has 0 bridgehead atoms. The number of aliphatic hydroxyl groups is 1. The van der Waals surface area contributed by atoms with Gasteiger partial charge in [-0.25, -0.2) is 0 Å². The Labute approximate surface area is 173 Å². The minimum absolute atomic E-state index is 0.00720. The molecule has 2 saturated heterocycles. The van der Waals surface area contributed by atoms with Gasteiger partial charge in [-0.15, -0.1) is 11.8 Å². The Morgan fingerprint density at radius 3 is 2.82 bits per heavy atom. The van der Waals surface area contributed by atoms with Gasteiger partial charge in [-0.2, -0.15) is 0 Å². The summed E-state index contributed by atoms with van der Waals surface area (Å²) in [7, 11) is 0. The summed E-state index contributed by atoms with van der Waals surface area (Å²) in [4.78, 5) is 33.8. The highest BCUT2D eigenvalue weighted by molar-refractivity contribution is 8.14. The van der Waals surface area contributed by atoms with Crippen molar-refractivity contribution in [3.63, 3.8) is 0 Å². The first-order valence-electron chi connectivity index (χ1n) is 9.85. The summed E-state index contributed by atoms with van der Waals surface area (Å²) in [6.45, 7) is 8.38. The molecule has 0 unspecified atom stereocenters. The van der Waals surface area contributed by atoms with E-state index in [1.165, 1.54) is 11.8 Å². The Kier molecular flexibility index (Phi) is 5.68. The lowest BCUT2D eigenvalue weighted by Crippen LogP contribution is -2.63. The number of esters is 1. The highest BCUT2D eigenvalue weighted by atomic mass is 32.2. The zero-order valence-electron chi connectivity index (χ0n) is 16.5. The summed E-state index contributed by atoms with van der Waals surface area (Å²) in [6.07, 6.45) is -0.105. The van der Waals surface area contributed by atoms with Gasteiger partial charge in [0.25, 0.3) is 0 Å². The number of aliphatic hydroxyl groups excluding tert-OH is 1. The van der Waals surface area contributed by atoms with Crippen molar-refractivity contribution in [1.29, 1.82) is 0 Å². The van der Waals surface area contributed by atoms with E-state index in [1.54, 1.807) is 6.92 Å². The fraction of sp³-hybridized carbons (Fsp3) is 0.737. The number of carbonyl (C=O) groups is 2. The van der Waals surface area contributed by atoms with E-state index in [1.807, 2.05) is 28.4 Å². The molecular formula is C19H27N3O4S2. The van der Waals surface area contributed by atoms with Crippen LogP contribution in [0.4, 0.5) is 0 Å². The normalized spacial score (nSPS) is 30.8. The van der Waals surface area contributed by atoms with Crippen LogP contribution in [-0.2, 0) is 14.3 Å². The maximum atomic E-state index is 12.7. The summed E-state index contributed by atoms with van der Waals surface area (Å²) in [5.74, 6) is 0.623. The fourth-order valence-electron chi connectivity index (χ4n) is 4.48. The number of fused-ring (bicyclic) bond motifs is 1. The van der Waals surface area contributed by atoms with Crippen molar-refractivity contribution in [3.8, 4) is 0 Å². The Morgan fingerprint density at radius 2 is 2.21 bits per heavy atom. The number of thioether (sulfide) groups is 2.